The fraction of sp³-hybridized carbons (Fsp3) is 0.200. The van der Waals surface area contributed by atoms with Gasteiger partial charge in [-0.15, -0.1) is 0 Å². The van der Waals surface area contributed by atoms with Gasteiger partial charge < -0.3 is 10.2 Å². The molecule has 0 aliphatic rings. The van der Waals surface area contributed by atoms with Crippen molar-refractivity contribution in [2.75, 3.05) is 24.3 Å². The van der Waals surface area contributed by atoms with Crippen LogP contribution in [0.3, 0.4) is 0 Å². The maximum atomic E-state index is 12.8. The van der Waals surface area contributed by atoms with E-state index >= 15 is 0 Å². The maximum Gasteiger partial charge on any atom is 0.123 e. The molecule has 0 fully saturated rings. The summed E-state index contributed by atoms with van der Waals surface area (Å²) in [5.74, 6) is -0.201. The highest BCUT2D eigenvalue weighted by Crippen LogP contribution is 2.23. The van der Waals surface area contributed by atoms with E-state index in [0.717, 1.165) is 16.9 Å². The van der Waals surface area contributed by atoms with Crippen LogP contribution in [0, 0.1) is 5.82 Å². The third-order valence-corrected chi connectivity index (χ3v) is 2.78. The van der Waals surface area contributed by atoms with Gasteiger partial charge in [0.25, 0.3) is 0 Å². The molecule has 0 radical (unpaired) electrons. The molecule has 94 valence electrons. The van der Waals surface area contributed by atoms with E-state index in [1.54, 1.807) is 12.1 Å². The van der Waals surface area contributed by atoms with Crippen LogP contribution in [-0.2, 0) is 6.54 Å². The van der Waals surface area contributed by atoms with Crippen molar-refractivity contribution in [3.8, 4) is 0 Å². The molecule has 0 saturated carbocycles. The van der Waals surface area contributed by atoms with Gasteiger partial charge in [-0.1, -0.05) is 24.3 Å². The molecule has 2 aromatic carbocycles. The summed E-state index contributed by atoms with van der Waals surface area (Å²) in [6.45, 7) is 0.686. The van der Waals surface area contributed by atoms with Gasteiger partial charge in [0, 0.05) is 20.6 Å². The molecule has 2 rings (SSSR count). The molecule has 0 aliphatic heterocycles. The molecule has 0 saturated heterocycles. The lowest BCUT2D eigenvalue weighted by molar-refractivity contribution is 0.627. The van der Waals surface area contributed by atoms with Crippen molar-refractivity contribution >= 4 is 11.4 Å². The van der Waals surface area contributed by atoms with Gasteiger partial charge in [-0.05, 0) is 29.8 Å². The molecule has 0 amide bonds. The molecule has 0 unspecified atom stereocenters. The van der Waals surface area contributed by atoms with Gasteiger partial charge in [0.15, 0.2) is 0 Å². The molecule has 0 aliphatic carbocycles. The Bertz CT molecular complexity index is 506. The van der Waals surface area contributed by atoms with Crippen LogP contribution in [0.25, 0.3) is 0 Å². The minimum atomic E-state index is -0.201. The Balaban J connectivity index is 2.08. The number of nitrogens with zero attached hydrogens (tertiary/aromatic N) is 1. The van der Waals surface area contributed by atoms with Crippen LogP contribution in [0.5, 0.6) is 0 Å². The van der Waals surface area contributed by atoms with E-state index in [9.17, 15) is 4.39 Å². The fourth-order valence-electron chi connectivity index (χ4n) is 1.81. The minimum Gasteiger partial charge on any atom is -0.379 e. The molecule has 0 heterocycles. The fourth-order valence-corrected chi connectivity index (χ4v) is 1.81. The highest BCUT2D eigenvalue weighted by molar-refractivity contribution is 5.69. The van der Waals surface area contributed by atoms with Crippen molar-refractivity contribution in [3.63, 3.8) is 0 Å². The average Bonchev–Trinajstić information content (AvgIpc) is 2.38. The van der Waals surface area contributed by atoms with Crippen LogP contribution >= 0.6 is 0 Å². The number of nitrogens with one attached hydrogen (secondary N) is 1. The Hall–Kier alpha value is -2.03. The van der Waals surface area contributed by atoms with E-state index in [-0.39, 0.29) is 5.82 Å². The zero-order valence-electron chi connectivity index (χ0n) is 10.7. The van der Waals surface area contributed by atoms with Crippen molar-refractivity contribution in [2.24, 2.45) is 0 Å². The molecule has 0 aromatic heterocycles. The Morgan fingerprint density at radius 2 is 1.67 bits per heavy atom. The van der Waals surface area contributed by atoms with Gasteiger partial charge in [0.05, 0.1) is 11.4 Å². The first-order valence-electron chi connectivity index (χ1n) is 5.91. The molecule has 2 nitrogen and oxygen atoms in total. The van der Waals surface area contributed by atoms with Crippen LogP contribution in [0.1, 0.15) is 5.56 Å². The van der Waals surface area contributed by atoms with Crippen molar-refractivity contribution in [2.45, 2.75) is 6.54 Å². The molecule has 2 aromatic rings. The lowest BCUT2D eigenvalue weighted by atomic mass is 10.2. The van der Waals surface area contributed by atoms with Crippen molar-refractivity contribution in [3.05, 3.63) is 59.9 Å². The van der Waals surface area contributed by atoms with E-state index in [1.165, 1.54) is 12.1 Å². The third-order valence-electron chi connectivity index (χ3n) is 2.78. The summed E-state index contributed by atoms with van der Waals surface area (Å²) in [5, 5.41) is 3.37. The first-order valence-corrected chi connectivity index (χ1v) is 5.91. The van der Waals surface area contributed by atoms with E-state index < -0.39 is 0 Å². The molecule has 0 bridgehead atoms. The van der Waals surface area contributed by atoms with E-state index in [1.807, 2.05) is 32.3 Å². The topological polar surface area (TPSA) is 15.3 Å². The zero-order valence-corrected chi connectivity index (χ0v) is 10.7. The number of rotatable bonds is 4. The number of hydrogen-bond donors (Lipinski definition) is 1. The van der Waals surface area contributed by atoms with E-state index in [4.69, 9.17) is 0 Å². The predicted molar refractivity (Wildman–Crippen MR) is 74.5 cm³/mol. The number of hydrogen-bond acceptors (Lipinski definition) is 2. The van der Waals surface area contributed by atoms with Gasteiger partial charge >= 0.3 is 0 Å². The Labute approximate surface area is 107 Å². The number of para-hydroxylation sites is 2. The van der Waals surface area contributed by atoms with Crippen LogP contribution in [0.2, 0.25) is 0 Å². The number of halogens is 1. The second kappa shape index (κ2) is 5.54. The summed E-state index contributed by atoms with van der Waals surface area (Å²) in [6, 6.07) is 14.7. The molecular formula is C15H17FN2. The van der Waals surface area contributed by atoms with Crippen LogP contribution in [0.4, 0.5) is 15.8 Å². The molecule has 18 heavy (non-hydrogen) atoms. The normalized spacial score (nSPS) is 10.2. The zero-order chi connectivity index (χ0) is 13.0. The average molecular weight is 244 g/mol. The minimum absolute atomic E-state index is 0.201. The summed E-state index contributed by atoms with van der Waals surface area (Å²) in [5.41, 5.74) is 3.27. The van der Waals surface area contributed by atoms with Gasteiger partial charge in [-0.25, -0.2) is 4.39 Å². The first-order chi connectivity index (χ1) is 8.66. The summed E-state index contributed by atoms with van der Waals surface area (Å²) >= 11 is 0. The van der Waals surface area contributed by atoms with Crippen LogP contribution < -0.4 is 10.2 Å². The first kappa shape index (κ1) is 12.4. The van der Waals surface area contributed by atoms with Crippen molar-refractivity contribution < 1.29 is 4.39 Å². The molecular weight excluding hydrogens is 227 g/mol. The third kappa shape index (κ3) is 3.00. The van der Waals surface area contributed by atoms with Gasteiger partial charge in [-0.3, -0.25) is 0 Å². The Morgan fingerprint density at radius 3 is 2.33 bits per heavy atom. The molecule has 0 atom stereocenters. The smallest absolute Gasteiger partial charge is 0.123 e. The standard InChI is InChI=1S/C15H17FN2/c1-18(2)15-6-4-3-5-14(15)17-11-12-7-9-13(16)10-8-12/h3-10,17H,11H2,1-2H3. The van der Waals surface area contributed by atoms with Gasteiger partial charge in [-0.2, -0.15) is 0 Å². The van der Waals surface area contributed by atoms with Crippen LogP contribution in [0.15, 0.2) is 48.5 Å². The largest absolute Gasteiger partial charge is 0.379 e. The van der Waals surface area contributed by atoms with Crippen LogP contribution in [-0.4, -0.2) is 14.1 Å². The summed E-state index contributed by atoms with van der Waals surface area (Å²) in [7, 11) is 4.02. The molecule has 0 spiro atoms. The summed E-state index contributed by atoms with van der Waals surface area (Å²) in [4.78, 5) is 2.06. The van der Waals surface area contributed by atoms with Crippen molar-refractivity contribution in [1.29, 1.82) is 0 Å². The molecule has 1 N–H and O–H groups in total. The number of anilines is 2. The SMILES string of the molecule is CN(C)c1ccccc1NCc1ccc(F)cc1. The van der Waals surface area contributed by atoms with Gasteiger partial charge in [0.2, 0.25) is 0 Å². The Kier molecular flexibility index (Phi) is 3.82. The summed E-state index contributed by atoms with van der Waals surface area (Å²) in [6.07, 6.45) is 0. The molecule has 3 heteroatoms. The van der Waals surface area contributed by atoms with E-state index in [2.05, 4.69) is 16.3 Å². The maximum absolute atomic E-state index is 12.8. The van der Waals surface area contributed by atoms with Crippen molar-refractivity contribution in [1.82, 2.24) is 0 Å². The lowest BCUT2D eigenvalue weighted by Crippen LogP contribution is -2.12. The van der Waals surface area contributed by atoms with E-state index in [0.29, 0.717) is 6.54 Å². The second-order valence-electron chi connectivity index (χ2n) is 4.39. The quantitative estimate of drug-likeness (QED) is 0.885. The lowest BCUT2D eigenvalue weighted by Gasteiger charge is -2.18. The van der Waals surface area contributed by atoms with Gasteiger partial charge in [0.1, 0.15) is 5.82 Å². The highest BCUT2D eigenvalue weighted by Gasteiger charge is 2.02. The second-order valence-corrected chi connectivity index (χ2v) is 4.39. The number of benzene rings is 2. The summed E-state index contributed by atoms with van der Waals surface area (Å²) < 4.78 is 12.8. The monoisotopic (exact) mass is 244 g/mol. The predicted octanol–water partition coefficient (Wildman–Crippen LogP) is 3.50. The Morgan fingerprint density at radius 1 is 1.00 bits per heavy atom. The highest BCUT2D eigenvalue weighted by atomic mass is 19.1.